The minimum absolute atomic E-state index is 0.0201. The van der Waals surface area contributed by atoms with Gasteiger partial charge in [-0.05, 0) is 36.2 Å². The molecule has 1 fully saturated rings. The largest absolute Gasteiger partial charge is 0.495 e. The van der Waals surface area contributed by atoms with Crippen molar-refractivity contribution in [3.05, 3.63) is 53.6 Å². The molecule has 0 aromatic heterocycles. The molecule has 7 nitrogen and oxygen atoms in total. The van der Waals surface area contributed by atoms with Crippen LogP contribution in [0.5, 0.6) is 5.75 Å². The molecule has 0 radical (unpaired) electrons. The Kier molecular flexibility index (Phi) is 6.33. The van der Waals surface area contributed by atoms with Crippen LogP contribution >= 0.6 is 0 Å². The molecule has 2 aromatic rings. The molecular formula is C20H24N2O5S. The summed E-state index contributed by atoms with van der Waals surface area (Å²) in [6.07, 6.45) is 0.774. The van der Waals surface area contributed by atoms with Gasteiger partial charge in [-0.25, -0.2) is 8.42 Å². The second kappa shape index (κ2) is 8.72. The minimum atomic E-state index is -3.80. The van der Waals surface area contributed by atoms with Crippen molar-refractivity contribution in [2.24, 2.45) is 0 Å². The van der Waals surface area contributed by atoms with E-state index in [2.05, 4.69) is 5.32 Å². The highest BCUT2D eigenvalue weighted by molar-refractivity contribution is 7.89. The Bertz CT molecular complexity index is 953. The van der Waals surface area contributed by atoms with Gasteiger partial charge in [-0.2, -0.15) is 4.31 Å². The number of nitrogens with zero attached hydrogens (tertiary/aromatic N) is 1. The standard InChI is InChI=1S/C20H24N2O5S/c1-3-15-6-4-5-7-17(15)21-20(23)16-8-9-18(26-2)19(14-16)28(24,25)22-10-12-27-13-11-22/h4-9,14H,3,10-13H2,1-2H3,(H,21,23). The predicted molar refractivity (Wildman–Crippen MR) is 106 cm³/mol. The number of morpholine rings is 1. The number of methoxy groups -OCH3 is 1. The molecule has 8 heteroatoms. The number of carbonyl (C=O) groups excluding carboxylic acids is 1. The molecule has 0 aliphatic carbocycles. The van der Waals surface area contributed by atoms with E-state index in [1.807, 2.05) is 31.2 Å². The zero-order valence-electron chi connectivity index (χ0n) is 16.0. The lowest BCUT2D eigenvalue weighted by atomic mass is 10.1. The van der Waals surface area contributed by atoms with Crippen LogP contribution in [0.4, 0.5) is 5.69 Å². The number of nitrogens with one attached hydrogen (secondary N) is 1. The maximum Gasteiger partial charge on any atom is 0.255 e. The van der Waals surface area contributed by atoms with Crippen molar-refractivity contribution >= 4 is 21.6 Å². The van der Waals surface area contributed by atoms with E-state index < -0.39 is 10.0 Å². The summed E-state index contributed by atoms with van der Waals surface area (Å²) >= 11 is 0. The molecule has 150 valence electrons. The SMILES string of the molecule is CCc1ccccc1NC(=O)c1ccc(OC)c(S(=O)(=O)N2CCOCC2)c1. The van der Waals surface area contributed by atoms with Crippen molar-refractivity contribution in [3.8, 4) is 5.75 Å². The Morgan fingerprint density at radius 3 is 2.57 bits per heavy atom. The Morgan fingerprint density at radius 2 is 1.89 bits per heavy atom. The Morgan fingerprint density at radius 1 is 1.18 bits per heavy atom. The second-order valence-corrected chi connectivity index (χ2v) is 8.25. The van der Waals surface area contributed by atoms with E-state index >= 15 is 0 Å². The molecule has 1 N–H and O–H groups in total. The highest BCUT2D eigenvalue weighted by atomic mass is 32.2. The maximum absolute atomic E-state index is 13.1. The molecular weight excluding hydrogens is 380 g/mol. The highest BCUT2D eigenvalue weighted by Gasteiger charge is 2.30. The lowest BCUT2D eigenvalue weighted by Crippen LogP contribution is -2.40. The number of carbonyl (C=O) groups is 1. The van der Waals surface area contributed by atoms with Crippen LogP contribution in [0, 0.1) is 0 Å². The number of amides is 1. The fraction of sp³-hybridized carbons (Fsp3) is 0.350. The maximum atomic E-state index is 13.1. The topological polar surface area (TPSA) is 84.9 Å². The van der Waals surface area contributed by atoms with Crippen molar-refractivity contribution < 1.29 is 22.7 Å². The van der Waals surface area contributed by atoms with Gasteiger partial charge in [-0.3, -0.25) is 4.79 Å². The summed E-state index contributed by atoms with van der Waals surface area (Å²) in [6, 6.07) is 12.0. The van der Waals surface area contributed by atoms with Gasteiger partial charge in [0.15, 0.2) is 0 Å². The van der Waals surface area contributed by atoms with Crippen molar-refractivity contribution in [1.82, 2.24) is 4.31 Å². The van der Waals surface area contributed by atoms with E-state index in [0.29, 0.717) is 18.9 Å². The zero-order chi connectivity index (χ0) is 20.1. The van der Waals surface area contributed by atoms with E-state index in [9.17, 15) is 13.2 Å². The number of hydrogen-bond acceptors (Lipinski definition) is 5. The van der Waals surface area contributed by atoms with Crippen LogP contribution in [-0.2, 0) is 21.2 Å². The number of para-hydroxylation sites is 1. The molecule has 1 heterocycles. The van der Waals surface area contributed by atoms with E-state index in [1.54, 1.807) is 6.07 Å². The molecule has 28 heavy (non-hydrogen) atoms. The molecule has 0 spiro atoms. The molecule has 3 rings (SSSR count). The number of anilines is 1. The normalized spacial score (nSPS) is 15.2. The zero-order valence-corrected chi connectivity index (χ0v) is 16.8. The summed E-state index contributed by atoms with van der Waals surface area (Å²) in [5.74, 6) is -0.168. The Hall–Kier alpha value is -2.42. The summed E-state index contributed by atoms with van der Waals surface area (Å²) in [7, 11) is -2.39. The van der Waals surface area contributed by atoms with Crippen LogP contribution in [0.25, 0.3) is 0 Å². The van der Waals surface area contributed by atoms with E-state index in [0.717, 1.165) is 12.0 Å². The molecule has 0 unspecified atom stereocenters. The van der Waals surface area contributed by atoms with E-state index in [1.165, 1.54) is 23.5 Å². The summed E-state index contributed by atoms with van der Waals surface area (Å²) in [5, 5.41) is 2.87. The first-order chi connectivity index (χ1) is 13.5. The number of sulfonamides is 1. The van der Waals surface area contributed by atoms with Gasteiger partial charge in [0, 0.05) is 24.3 Å². The smallest absolute Gasteiger partial charge is 0.255 e. The number of hydrogen-bond donors (Lipinski definition) is 1. The van der Waals surface area contributed by atoms with Gasteiger partial charge in [0.2, 0.25) is 10.0 Å². The van der Waals surface area contributed by atoms with Gasteiger partial charge in [0.05, 0.1) is 20.3 Å². The molecule has 1 aliphatic rings. The molecule has 0 bridgehead atoms. The van der Waals surface area contributed by atoms with Gasteiger partial charge >= 0.3 is 0 Å². The quantitative estimate of drug-likeness (QED) is 0.800. The summed E-state index contributed by atoms with van der Waals surface area (Å²) < 4.78 is 37.9. The summed E-state index contributed by atoms with van der Waals surface area (Å²) in [4.78, 5) is 12.7. The van der Waals surface area contributed by atoms with Gasteiger partial charge in [-0.15, -0.1) is 0 Å². The van der Waals surface area contributed by atoms with E-state index in [4.69, 9.17) is 9.47 Å². The average molecular weight is 404 g/mol. The predicted octanol–water partition coefficient (Wildman–Crippen LogP) is 2.53. The molecule has 0 saturated carbocycles. The Balaban J connectivity index is 1.93. The van der Waals surface area contributed by atoms with Gasteiger partial charge < -0.3 is 14.8 Å². The third-order valence-corrected chi connectivity index (χ3v) is 6.58. The van der Waals surface area contributed by atoms with Crippen molar-refractivity contribution in [2.75, 3.05) is 38.7 Å². The first-order valence-electron chi connectivity index (χ1n) is 9.12. The third kappa shape index (κ3) is 4.19. The van der Waals surface area contributed by atoms with Crippen LogP contribution in [0.1, 0.15) is 22.8 Å². The lowest BCUT2D eigenvalue weighted by molar-refractivity contribution is 0.0729. The lowest BCUT2D eigenvalue weighted by Gasteiger charge is -2.26. The number of benzene rings is 2. The number of ether oxygens (including phenoxy) is 2. The van der Waals surface area contributed by atoms with Crippen molar-refractivity contribution in [2.45, 2.75) is 18.2 Å². The van der Waals surface area contributed by atoms with Crippen LogP contribution in [0.3, 0.4) is 0 Å². The number of rotatable bonds is 6. The van der Waals surface area contributed by atoms with Gasteiger partial charge in [0.25, 0.3) is 5.91 Å². The highest BCUT2D eigenvalue weighted by Crippen LogP contribution is 2.29. The number of aryl methyl sites for hydroxylation is 1. The minimum Gasteiger partial charge on any atom is -0.495 e. The van der Waals surface area contributed by atoms with Gasteiger partial charge in [-0.1, -0.05) is 25.1 Å². The summed E-state index contributed by atoms with van der Waals surface area (Å²) in [6.45, 7) is 3.23. The molecule has 1 aliphatic heterocycles. The first kappa shape index (κ1) is 20.3. The van der Waals surface area contributed by atoms with Crippen LogP contribution < -0.4 is 10.1 Å². The molecule has 1 saturated heterocycles. The molecule has 1 amide bonds. The van der Waals surface area contributed by atoms with E-state index in [-0.39, 0.29) is 35.2 Å². The Labute approximate surface area is 165 Å². The fourth-order valence-electron chi connectivity index (χ4n) is 3.09. The fourth-order valence-corrected chi connectivity index (χ4v) is 4.68. The van der Waals surface area contributed by atoms with Crippen LogP contribution in [-0.4, -0.2) is 52.0 Å². The van der Waals surface area contributed by atoms with Crippen molar-refractivity contribution in [1.29, 1.82) is 0 Å². The molecule has 0 atom stereocenters. The first-order valence-corrected chi connectivity index (χ1v) is 10.6. The third-order valence-electron chi connectivity index (χ3n) is 4.66. The summed E-state index contributed by atoms with van der Waals surface area (Å²) in [5.41, 5.74) is 1.97. The second-order valence-electron chi connectivity index (χ2n) is 6.35. The van der Waals surface area contributed by atoms with Crippen molar-refractivity contribution in [3.63, 3.8) is 0 Å². The van der Waals surface area contributed by atoms with Crippen LogP contribution in [0.15, 0.2) is 47.4 Å². The van der Waals surface area contributed by atoms with Crippen LogP contribution in [0.2, 0.25) is 0 Å². The molecule has 2 aromatic carbocycles. The average Bonchev–Trinajstić information content (AvgIpc) is 2.74. The van der Waals surface area contributed by atoms with Gasteiger partial charge in [0.1, 0.15) is 10.6 Å². The monoisotopic (exact) mass is 404 g/mol.